The van der Waals surface area contributed by atoms with Crippen LogP contribution in [0.2, 0.25) is 0 Å². The molecule has 0 radical (unpaired) electrons. The molecule has 1 atom stereocenters. The first-order chi connectivity index (χ1) is 9.52. The molecule has 108 valence electrons. The zero-order valence-corrected chi connectivity index (χ0v) is 10.8. The second-order valence-corrected chi connectivity index (χ2v) is 4.32. The fourth-order valence-corrected chi connectivity index (χ4v) is 2.13. The highest BCUT2D eigenvalue weighted by atomic mass is 19.1. The summed E-state index contributed by atoms with van der Waals surface area (Å²) in [5.41, 5.74) is -0.0456. The van der Waals surface area contributed by atoms with E-state index in [-0.39, 0.29) is 18.2 Å². The maximum absolute atomic E-state index is 13.5. The summed E-state index contributed by atoms with van der Waals surface area (Å²) in [6.45, 7) is 0.889. The zero-order chi connectivity index (χ0) is 14.7. The second kappa shape index (κ2) is 5.83. The summed E-state index contributed by atoms with van der Waals surface area (Å²) in [6.07, 6.45) is 0. The van der Waals surface area contributed by atoms with E-state index in [9.17, 15) is 19.3 Å². The van der Waals surface area contributed by atoms with E-state index in [1.807, 2.05) is 0 Å². The molecule has 1 N–H and O–H groups in total. The third kappa shape index (κ3) is 2.85. The van der Waals surface area contributed by atoms with E-state index in [0.29, 0.717) is 18.8 Å². The third-order valence-corrected chi connectivity index (χ3v) is 3.09. The van der Waals surface area contributed by atoms with Crippen LogP contribution in [0.4, 0.5) is 15.8 Å². The highest BCUT2D eigenvalue weighted by Crippen LogP contribution is 2.26. The van der Waals surface area contributed by atoms with Gasteiger partial charge in [-0.05, 0) is 6.07 Å². The highest BCUT2D eigenvalue weighted by molar-refractivity contribution is 5.85. The molecule has 0 spiro atoms. The molecule has 1 unspecified atom stereocenters. The predicted molar refractivity (Wildman–Crippen MR) is 69.1 cm³/mol. The van der Waals surface area contributed by atoms with Gasteiger partial charge in [-0.2, -0.15) is 0 Å². The fraction of sp³-hybridized carbons (Fsp3) is 0.417. The standard InChI is InChI=1S/C12H14FN3O4/c1-14-12(17)11-7-20-3-2-15(11)9-4-8(13)5-10(6-9)16(18)19/h4-6,11H,2-3,7H2,1H3,(H,14,17). The Balaban J connectivity index is 2.37. The van der Waals surface area contributed by atoms with Crippen molar-refractivity contribution in [2.24, 2.45) is 0 Å². The molecule has 1 amide bonds. The van der Waals surface area contributed by atoms with Crippen molar-refractivity contribution in [3.63, 3.8) is 0 Å². The van der Waals surface area contributed by atoms with Crippen molar-refractivity contribution in [1.82, 2.24) is 5.32 Å². The molecule has 1 aliphatic rings. The lowest BCUT2D eigenvalue weighted by molar-refractivity contribution is -0.385. The molecule has 0 saturated carbocycles. The number of halogens is 1. The highest BCUT2D eigenvalue weighted by Gasteiger charge is 2.30. The summed E-state index contributed by atoms with van der Waals surface area (Å²) in [5.74, 6) is -0.993. The third-order valence-electron chi connectivity index (χ3n) is 3.09. The molecular formula is C12H14FN3O4. The smallest absolute Gasteiger partial charge is 0.274 e. The van der Waals surface area contributed by atoms with Crippen LogP contribution in [0.15, 0.2) is 18.2 Å². The molecule has 8 heteroatoms. The van der Waals surface area contributed by atoms with Crippen LogP contribution in [0, 0.1) is 15.9 Å². The van der Waals surface area contributed by atoms with Crippen LogP contribution in [-0.2, 0) is 9.53 Å². The summed E-state index contributed by atoms with van der Waals surface area (Å²) in [4.78, 5) is 23.5. The number of hydrogen-bond acceptors (Lipinski definition) is 5. The number of ether oxygens (including phenoxy) is 1. The maximum atomic E-state index is 13.5. The minimum atomic E-state index is -0.712. The number of likely N-dealkylation sites (N-methyl/N-ethyl adjacent to an activating group) is 1. The molecule has 0 aromatic heterocycles. The van der Waals surface area contributed by atoms with Crippen molar-refractivity contribution in [2.45, 2.75) is 6.04 Å². The van der Waals surface area contributed by atoms with Gasteiger partial charge in [-0.3, -0.25) is 14.9 Å². The van der Waals surface area contributed by atoms with E-state index in [2.05, 4.69) is 5.32 Å². The van der Waals surface area contributed by atoms with Gasteiger partial charge in [0.2, 0.25) is 5.91 Å². The predicted octanol–water partition coefficient (Wildman–Crippen LogP) is 0.685. The lowest BCUT2D eigenvalue weighted by Gasteiger charge is -2.35. The van der Waals surface area contributed by atoms with Gasteiger partial charge in [0.1, 0.15) is 11.9 Å². The van der Waals surface area contributed by atoms with Gasteiger partial charge in [0, 0.05) is 25.3 Å². The van der Waals surface area contributed by atoms with E-state index < -0.39 is 16.8 Å². The topological polar surface area (TPSA) is 84.7 Å². The Labute approximate surface area is 114 Å². The zero-order valence-electron chi connectivity index (χ0n) is 10.8. The van der Waals surface area contributed by atoms with Crippen molar-refractivity contribution < 1.29 is 18.8 Å². The number of carbonyl (C=O) groups excluding carboxylic acids is 1. The fourth-order valence-electron chi connectivity index (χ4n) is 2.13. The Hall–Kier alpha value is -2.22. The lowest BCUT2D eigenvalue weighted by atomic mass is 10.1. The summed E-state index contributed by atoms with van der Waals surface area (Å²) >= 11 is 0. The Bertz CT molecular complexity index is 537. The van der Waals surface area contributed by atoms with Crippen LogP contribution in [0.25, 0.3) is 0 Å². The van der Waals surface area contributed by atoms with Crippen molar-refractivity contribution in [3.05, 3.63) is 34.1 Å². The number of nitro benzene ring substituents is 1. The van der Waals surface area contributed by atoms with Crippen LogP contribution in [-0.4, -0.2) is 43.7 Å². The number of amides is 1. The summed E-state index contributed by atoms with van der Waals surface area (Å²) in [7, 11) is 1.49. The second-order valence-electron chi connectivity index (χ2n) is 4.32. The van der Waals surface area contributed by atoms with Crippen LogP contribution in [0.5, 0.6) is 0 Å². The van der Waals surface area contributed by atoms with Gasteiger partial charge in [-0.15, -0.1) is 0 Å². The van der Waals surface area contributed by atoms with E-state index in [0.717, 1.165) is 6.07 Å². The summed E-state index contributed by atoms with van der Waals surface area (Å²) < 4.78 is 18.7. The van der Waals surface area contributed by atoms with Gasteiger partial charge >= 0.3 is 0 Å². The number of nitro groups is 1. The number of rotatable bonds is 3. The number of non-ortho nitro benzene ring substituents is 1. The SMILES string of the molecule is CNC(=O)C1COCCN1c1cc(F)cc([N+](=O)[O-])c1. The number of nitrogens with one attached hydrogen (secondary N) is 1. The summed E-state index contributed by atoms with van der Waals surface area (Å²) in [5, 5.41) is 13.3. The van der Waals surface area contributed by atoms with Crippen LogP contribution < -0.4 is 10.2 Å². The van der Waals surface area contributed by atoms with Crippen molar-refractivity contribution >= 4 is 17.3 Å². The van der Waals surface area contributed by atoms with Crippen molar-refractivity contribution in [2.75, 3.05) is 31.7 Å². The van der Waals surface area contributed by atoms with E-state index in [4.69, 9.17) is 4.74 Å². The van der Waals surface area contributed by atoms with E-state index in [1.54, 1.807) is 4.90 Å². The maximum Gasteiger partial charge on any atom is 0.274 e. The van der Waals surface area contributed by atoms with Crippen LogP contribution >= 0.6 is 0 Å². The number of carbonyl (C=O) groups is 1. The van der Waals surface area contributed by atoms with Crippen LogP contribution in [0.1, 0.15) is 0 Å². The van der Waals surface area contributed by atoms with Gasteiger partial charge in [0.15, 0.2) is 0 Å². The molecule has 2 rings (SSSR count). The molecule has 7 nitrogen and oxygen atoms in total. The van der Waals surface area contributed by atoms with Crippen LogP contribution in [0.3, 0.4) is 0 Å². The lowest BCUT2D eigenvalue weighted by Crippen LogP contribution is -2.53. The normalized spacial score (nSPS) is 18.7. The van der Waals surface area contributed by atoms with Crippen molar-refractivity contribution in [1.29, 1.82) is 0 Å². The molecule has 20 heavy (non-hydrogen) atoms. The Morgan fingerprint density at radius 2 is 2.30 bits per heavy atom. The van der Waals surface area contributed by atoms with Gasteiger partial charge in [-0.25, -0.2) is 4.39 Å². The van der Waals surface area contributed by atoms with Gasteiger partial charge in [-0.1, -0.05) is 0 Å². The number of hydrogen-bond donors (Lipinski definition) is 1. The first kappa shape index (κ1) is 14.2. The number of nitrogens with zero attached hydrogens (tertiary/aromatic N) is 2. The molecule has 0 aliphatic carbocycles. The van der Waals surface area contributed by atoms with Gasteiger partial charge in [0.25, 0.3) is 5.69 Å². The Kier molecular flexibility index (Phi) is 4.14. The number of anilines is 1. The van der Waals surface area contributed by atoms with E-state index >= 15 is 0 Å². The van der Waals surface area contributed by atoms with E-state index in [1.165, 1.54) is 19.2 Å². The first-order valence-corrected chi connectivity index (χ1v) is 6.04. The molecule has 1 aromatic rings. The monoisotopic (exact) mass is 283 g/mol. The van der Waals surface area contributed by atoms with Crippen molar-refractivity contribution in [3.8, 4) is 0 Å². The Morgan fingerprint density at radius 3 is 2.95 bits per heavy atom. The van der Waals surface area contributed by atoms with Gasteiger partial charge in [0.05, 0.1) is 24.2 Å². The molecule has 0 bridgehead atoms. The minimum Gasteiger partial charge on any atom is -0.377 e. The Morgan fingerprint density at radius 1 is 1.55 bits per heavy atom. The quantitative estimate of drug-likeness (QED) is 0.651. The molecule has 1 heterocycles. The van der Waals surface area contributed by atoms with Gasteiger partial charge < -0.3 is 15.0 Å². The molecule has 1 saturated heterocycles. The molecule has 1 aliphatic heterocycles. The molecular weight excluding hydrogens is 269 g/mol. The molecule has 1 fully saturated rings. The average molecular weight is 283 g/mol. The first-order valence-electron chi connectivity index (χ1n) is 6.04. The number of benzene rings is 1. The summed E-state index contributed by atoms with van der Waals surface area (Å²) in [6, 6.07) is 2.65. The number of morpholine rings is 1. The minimum absolute atomic E-state index is 0.157. The molecule has 1 aromatic carbocycles. The average Bonchev–Trinajstić information content (AvgIpc) is 2.45. The largest absolute Gasteiger partial charge is 0.377 e.